The standard InChI is InChI=1S/C23H25N3O4/c1-29-17-10-11-22(30-2)18(12-17)21(27)14-24-23(28)20-13-19(15-8-9-15)25-26(20)16-6-4-3-5-7-16/h3-7,10-13,15,21,27H,8-9,14H2,1-2H3,(H,24,28)/t21-/m0/s1. The molecule has 0 spiro atoms. The molecule has 0 radical (unpaired) electrons. The lowest BCUT2D eigenvalue weighted by Crippen LogP contribution is -2.30. The molecule has 1 amide bonds. The minimum absolute atomic E-state index is 0.0289. The van der Waals surface area contributed by atoms with Gasteiger partial charge >= 0.3 is 0 Å². The van der Waals surface area contributed by atoms with Crippen molar-refractivity contribution >= 4 is 5.91 Å². The third kappa shape index (κ3) is 4.16. The molecule has 1 aliphatic carbocycles. The normalized spacial score (nSPS) is 14.2. The van der Waals surface area contributed by atoms with Gasteiger partial charge in [-0.15, -0.1) is 0 Å². The number of carbonyl (C=O) groups is 1. The molecule has 0 aliphatic heterocycles. The lowest BCUT2D eigenvalue weighted by atomic mass is 10.1. The van der Waals surface area contributed by atoms with Crippen molar-refractivity contribution in [1.29, 1.82) is 0 Å². The molecule has 2 N–H and O–H groups in total. The van der Waals surface area contributed by atoms with Crippen LogP contribution in [0.4, 0.5) is 0 Å². The van der Waals surface area contributed by atoms with Crippen LogP contribution in [-0.2, 0) is 0 Å². The van der Waals surface area contributed by atoms with E-state index in [1.165, 1.54) is 7.11 Å². The zero-order valence-corrected chi connectivity index (χ0v) is 17.0. The number of hydrogen-bond donors (Lipinski definition) is 2. The van der Waals surface area contributed by atoms with Crippen molar-refractivity contribution in [2.24, 2.45) is 0 Å². The highest BCUT2D eigenvalue weighted by molar-refractivity contribution is 5.93. The Bertz CT molecular complexity index is 1030. The van der Waals surface area contributed by atoms with Gasteiger partial charge in [0.25, 0.3) is 5.91 Å². The van der Waals surface area contributed by atoms with Crippen molar-refractivity contribution in [3.8, 4) is 17.2 Å². The first-order chi connectivity index (χ1) is 14.6. The Labute approximate surface area is 175 Å². The van der Waals surface area contributed by atoms with Crippen LogP contribution in [0.25, 0.3) is 5.69 Å². The highest BCUT2D eigenvalue weighted by Gasteiger charge is 2.29. The molecule has 0 saturated heterocycles. The maximum Gasteiger partial charge on any atom is 0.270 e. The average molecular weight is 407 g/mol. The van der Waals surface area contributed by atoms with E-state index in [1.807, 2.05) is 36.4 Å². The van der Waals surface area contributed by atoms with E-state index in [2.05, 4.69) is 10.4 Å². The number of amides is 1. The van der Waals surface area contributed by atoms with Crippen LogP contribution in [0.3, 0.4) is 0 Å². The number of benzene rings is 2. The van der Waals surface area contributed by atoms with E-state index < -0.39 is 6.10 Å². The molecule has 2 aromatic carbocycles. The number of nitrogens with zero attached hydrogens (tertiary/aromatic N) is 2. The Morgan fingerprint density at radius 1 is 1.17 bits per heavy atom. The van der Waals surface area contributed by atoms with Gasteiger partial charge in [0, 0.05) is 18.0 Å². The van der Waals surface area contributed by atoms with Crippen molar-refractivity contribution in [3.05, 3.63) is 71.5 Å². The molecule has 1 heterocycles. The van der Waals surface area contributed by atoms with E-state index in [-0.39, 0.29) is 12.5 Å². The topological polar surface area (TPSA) is 85.6 Å². The summed E-state index contributed by atoms with van der Waals surface area (Å²) < 4.78 is 12.2. The molecule has 1 atom stereocenters. The largest absolute Gasteiger partial charge is 0.497 e. The van der Waals surface area contributed by atoms with Crippen molar-refractivity contribution in [1.82, 2.24) is 15.1 Å². The van der Waals surface area contributed by atoms with Gasteiger partial charge in [0.05, 0.1) is 25.6 Å². The molecule has 1 saturated carbocycles. The number of nitrogens with one attached hydrogen (secondary N) is 1. The zero-order valence-electron chi connectivity index (χ0n) is 17.0. The summed E-state index contributed by atoms with van der Waals surface area (Å²) in [7, 11) is 3.09. The molecule has 0 unspecified atom stereocenters. The number of aromatic nitrogens is 2. The van der Waals surface area contributed by atoms with Gasteiger partial charge in [-0.2, -0.15) is 5.10 Å². The molecule has 156 valence electrons. The first kappa shape index (κ1) is 20.0. The minimum Gasteiger partial charge on any atom is -0.497 e. The molecular weight excluding hydrogens is 382 g/mol. The van der Waals surface area contributed by atoms with Gasteiger partial charge in [-0.05, 0) is 49.2 Å². The minimum atomic E-state index is -0.949. The van der Waals surface area contributed by atoms with Gasteiger partial charge in [-0.25, -0.2) is 4.68 Å². The summed E-state index contributed by atoms with van der Waals surface area (Å²) in [6.45, 7) is 0.0289. The summed E-state index contributed by atoms with van der Waals surface area (Å²) in [5, 5.41) is 18.1. The number of aliphatic hydroxyl groups is 1. The van der Waals surface area contributed by atoms with E-state index >= 15 is 0 Å². The van der Waals surface area contributed by atoms with Gasteiger partial charge in [-0.3, -0.25) is 4.79 Å². The van der Waals surface area contributed by atoms with E-state index in [4.69, 9.17) is 9.47 Å². The fourth-order valence-electron chi connectivity index (χ4n) is 3.40. The molecule has 1 aliphatic rings. The number of aliphatic hydroxyl groups excluding tert-OH is 1. The number of carbonyl (C=O) groups excluding carboxylic acids is 1. The second kappa shape index (κ2) is 8.59. The van der Waals surface area contributed by atoms with Crippen LogP contribution in [0, 0.1) is 0 Å². The summed E-state index contributed by atoms with van der Waals surface area (Å²) in [4.78, 5) is 13.0. The van der Waals surface area contributed by atoms with Gasteiger partial charge in [0.1, 0.15) is 23.3 Å². The molecular formula is C23H25N3O4. The Hall–Kier alpha value is -3.32. The quantitative estimate of drug-likeness (QED) is 0.599. The molecule has 7 heteroatoms. The molecule has 0 bridgehead atoms. The Morgan fingerprint density at radius 2 is 1.93 bits per heavy atom. The Kier molecular flexibility index (Phi) is 5.72. The van der Waals surface area contributed by atoms with Crippen LogP contribution in [0.1, 0.15) is 46.6 Å². The molecule has 4 rings (SSSR count). The summed E-state index contributed by atoms with van der Waals surface area (Å²) in [5.74, 6) is 1.27. The summed E-state index contributed by atoms with van der Waals surface area (Å²) in [5.41, 5.74) is 2.75. The van der Waals surface area contributed by atoms with Crippen LogP contribution in [0.15, 0.2) is 54.6 Å². The third-order valence-electron chi connectivity index (χ3n) is 5.21. The smallest absolute Gasteiger partial charge is 0.270 e. The van der Waals surface area contributed by atoms with Crippen LogP contribution in [0.2, 0.25) is 0 Å². The zero-order chi connectivity index (χ0) is 21.1. The van der Waals surface area contributed by atoms with Crippen LogP contribution < -0.4 is 14.8 Å². The van der Waals surface area contributed by atoms with Crippen molar-refractivity contribution in [2.75, 3.05) is 20.8 Å². The number of rotatable bonds is 8. The maximum atomic E-state index is 13.0. The number of hydrogen-bond acceptors (Lipinski definition) is 5. The summed E-state index contributed by atoms with van der Waals surface area (Å²) in [6, 6.07) is 16.6. The van der Waals surface area contributed by atoms with Gasteiger partial charge in [0.2, 0.25) is 0 Å². The Morgan fingerprint density at radius 3 is 2.60 bits per heavy atom. The number of ether oxygens (including phenoxy) is 2. The fraction of sp³-hybridized carbons (Fsp3) is 0.304. The summed E-state index contributed by atoms with van der Waals surface area (Å²) in [6.07, 6.45) is 1.25. The van der Waals surface area contributed by atoms with Gasteiger partial charge < -0.3 is 19.9 Å². The van der Waals surface area contributed by atoms with E-state index in [0.717, 1.165) is 24.2 Å². The predicted molar refractivity (Wildman–Crippen MR) is 112 cm³/mol. The van der Waals surface area contributed by atoms with Crippen molar-refractivity contribution in [2.45, 2.75) is 24.9 Å². The van der Waals surface area contributed by atoms with Crippen LogP contribution >= 0.6 is 0 Å². The average Bonchev–Trinajstić information content (AvgIpc) is 3.55. The van der Waals surface area contributed by atoms with E-state index in [0.29, 0.717) is 28.7 Å². The number of para-hydroxylation sites is 1. The second-order valence-electron chi connectivity index (χ2n) is 7.31. The fourth-order valence-corrected chi connectivity index (χ4v) is 3.40. The first-order valence-corrected chi connectivity index (χ1v) is 9.94. The van der Waals surface area contributed by atoms with Crippen LogP contribution in [-0.4, -0.2) is 41.6 Å². The molecule has 7 nitrogen and oxygen atoms in total. The maximum absolute atomic E-state index is 13.0. The second-order valence-corrected chi connectivity index (χ2v) is 7.31. The van der Waals surface area contributed by atoms with Gasteiger partial charge in [0.15, 0.2) is 0 Å². The van der Waals surface area contributed by atoms with Gasteiger partial charge in [-0.1, -0.05) is 18.2 Å². The third-order valence-corrected chi connectivity index (χ3v) is 5.21. The first-order valence-electron chi connectivity index (χ1n) is 9.94. The number of methoxy groups -OCH3 is 2. The molecule has 1 aromatic heterocycles. The molecule has 30 heavy (non-hydrogen) atoms. The summed E-state index contributed by atoms with van der Waals surface area (Å²) >= 11 is 0. The lowest BCUT2D eigenvalue weighted by Gasteiger charge is -2.17. The lowest BCUT2D eigenvalue weighted by molar-refractivity contribution is 0.0907. The predicted octanol–water partition coefficient (Wildman–Crippen LogP) is 3.23. The van der Waals surface area contributed by atoms with Crippen molar-refractivity contribution < 1.29 is 19.4 Å². The van der Waals surface area contributed by atoms with Crippen LogP contribution in [0.5, 0.6) is 11.5 Å². The van der Waals surface area contributed by atoms with E-state index in [1.54, 1.807) is 30.0 Å². The molecule has 1 fully saturated rings. The highest BCUT2D eigenvalue weighted by Crippen LogP contribution is 2.39. The highest BCUT2D eigenvalue weighted by atomic mass is 16.5. The monoisotopic (exact) mass is 407 g/mol. The molecule has 3 aromatic rings. The van der Waals surface area contributed by atoms with E-state index in [9.17, 15) is 9.90 Å². The Balaban J connectivity index is 1.53. The SMILES string of the molecule is COc1ccc(OC)c([C@@H](O)CNC(=O)c2cc(C3CC3)nn2-c2ccccc2)c1. The van der Waals surface area contributed by atoms with Crippen molar-refractivity contribution in [3.63, 3.8) is 0 Å².